The van der Waals surface area contributed by atoms with Crippen LogP contribution in [-0.2, 0) is 10.2 Å². The molecule has 5 heteroatoms. The Morgan fingerprint density at radius 1 is 1.27 bits per heavy atom. The van der Waals surface area contributed by atoms with Gasteiger partial charge < -0.3 is 10.2 Å². The molecule has 0 atom stereocenters. The maximum Gasteiger partial charge on any atom is 0.252 e. The number of nitrogens with zero attached hydrogens (tertiary/aromatic N) is 1. The van der Waals surface area contributed by atoms with Crippen molar-refractivity contribution in [1.29, 1.82) is 0 Å². The average molecular weight is 393 g/mol. The van der Waals surface area contributed by atoms with Crippen LogP contribution in [0.3, 0.4) is 0 Å². The second-order valence-electron chi connectivity index (χ2n) is 7.08. The quantitative estimate of drug-likeness (QED) is 0.563. The van der Waals surface area contributed by atoms with E-state index in [9.17, 15) is 4.79 Å². The summed E-state index contributed by atoms with van der Waals surface area (Å²) in [6, 6.07) is 7.94. The Hall–Kier alpha value is -1.55. The van der Waals surface area contributed by atoms with E-state index in [-0.39, 0.29) is 16.4 Å². The van der Waals surface area contributed by atoms with Gasteiger partial charge in [-0.25, -0.2) is 0 Å². The van der Waals surface area contributed by atoms with Gasteiger partial charge in [0.25, 0.3) is 5.91 Å². The van der Waals surface area contributed by atoms with Crippen LogP contribution in [0.2, 0.25) is 5.02 Å². The van der Waals surface area contributed by atoms with E-state index in [1.54, 1.807) is 6.08 Å². The molecule has 140 valence electrons. The van der Waals surface area contributed by atoms with E-state index < -0.39 is 0 Å². The minimum Gasteiger partial charge on any atom is -0.351 e. The van der Waals surface area contributed by atoms with Gasteiger partial charge in [-0.3, -0.25) is 4.79 Å². The van der Waals surface area contributed by atoms with Crippen molar-refractivity contribution in [3.63, 3.8) is 0 Å². The van der Waals surface area contributed by atoms with Crippen LogP contribution in [0.1, 0.15) is 25.3 Å². The Morgan fingerprint density at radius 2 is 1.85 bits per heavy atom. The number of hydrogen-bond acceptors (Lipinski definition) is 2. The largest absolute Gasteiger partial charge is 0.351 e. The van der Waals surface area contributed by atoms with Crippen LogP contribution in [0.15, 0.2) is 59.7 Å². The number of allylic oxidation sites excluding steroid dienone is 2. The molecule has 1 heterocycles. The zero-order valence-electron chi connectivity index (χ0n) is 15.4. The molecule has 1 amide bonds. The molecule has 1 aliphatic heterocycles. The molecule has 1 aromatic rings. The number of halogens is 2. The summed E-state index contributed by atoms with van der Waals surface area (Å²) in [6.45, 7) is 11.8. The fourth-order valence-corrected chi connectivity index (χ4v) is 3.54. The number of nitrogens with one attached hydrogen (secondary N) is 1. The number of piperidine rings is 1. The summed E-state index contributed by atoms with van der Waals surface area (Å²) in [6.07, 6.45) is 3.59. The predicted octanol–water partition coefficient (Wildman–Crippen LogP) is 4.67. The van der Waals surface area contributed by atoms with Gasteiger partial charge in [0.15, 0.2) is 0 Å². The molecule has 3 nitrogen and oxygen atoms in total. The van der Waals surface area contributed by atoms with Crippen molar-refractivity contribution in [3.05, 3.63) is 70.3 Å². The van der Waals surface area contributed by atoms with Gasteiger partial charge in [-0.2, -0.15) is 0 Å². The van der Waals surface area contributed by atoms with E-state index in [1.165, 1.54) is 5.56 Å². The smallest absolute Gasteiger partial charge is 0.252 e. The molecule has 1 fully saturated rings. The highest BCUT2D eigenvalue weighted by Crippen LogP contribution is 2.35. The molecule has 0 aromatic heterocycles. The third-order valence-electron chi connectivity index (χ3n) is 4.92. The van der Waals surface area contributed by atoms with E-state index >= 15 is 0 Å². The number of benzene rings is 1. The van der Waals surface area contributed by atoms with E-state index in [0.717, 1.165) is 31.5 Å². The number of hydrogen-bond donors (Lipinski definition) is 1. The summed E-state index contributed by atoms with van der Waals surface area (Å²) in [5, 5.41) is 3.99. The van der Waals surface area contributed by atoms with Crippen LogP contribution in [0.5, 0.6) is 0 Å². The van der Waals surface area contributed by atoms with Crippen LogP contribution in [0, 0.1) is 0 Å². The van der Waals surface area contributed by atoms with Crippen molar-refractivity contribution >= 4 is 29.1 Å². The Labute approximate surface area is 166 Å². The maximum absolute atomic E-state index is 12.7. The summed E-state index contributed by atoms with van der Waals surface area (Å²) in [5.74, 6) is -0.222. The van der Waals surface area contributed by atoms with Crippen LogP contribution in [0.25, 0.3) is 0 Å². The molecule has 1 N–H and O–H groups in total. The molecule has 1 aliphatic rings. The van der Waals surface area contributed by atoms with Crippen LogP contribution in [-0.4, -0.2) is 37.5 Å². The third-order valence-corrected chi connectivity index (χ3v) is 5.37. The summed E-state index contributed by atoms with van der Waals surface area (Å²) in [7, 11) is 2.12. The van der Waals surface area contributed by atoms with Crippen molar-refractivity contribution in [2.75, 3.05) is 26.7 Å². The summed E-state index contributed by atoms with van der Waals surface area (Å²) >= 11 is 12.1. The molecular weight excluding hydrogens is 367 g/mol. The first kappa shape index (κ1) is 20.8. The summed E-state index contributed by atoms with van der Waals surface area (Å²) < 4.78 is 0. The topological polar surface area (TPSA) is 32.3 Å². The first-order valence-corrected chi connectivity index (χ1v) is 9.44. The lowest BCUT2D eigenvalue weighted by Crippen LogP contribution is -2.48. The Kier molecular flexibility index (Phi) is 7.10. The van der Waals surface area contributed by atoms with E-state index in [0.29, 0.717) is 17.1 Å². The molecule has 0 aliphatic carbocycles. The highest BCUT2D eigenvalue weighted by molar-refractivity contribution is 6.35. The molecule has 0 radical (unpaired) electrons. The number of amides is 1. The average Bonchev–Trinajstić information content (AvgIpc) is 2.59. The van der Waals surface area contributed by atoms with Crippen LogP contribution >= 0.6 is 23.2 Å². The lowest BCUT2D eigenvalue weighted by molar-refractivity contribution is -0.117. The van der Waals surface area contributed by atoms with Gasteiger partial charge in [0, 0.05) is 22.0 Å². The summed E-state index contributed by atoms with van der Waals surface area (Å²) in [4.78, 5) is 15.0. The van der Waals surface area contributed by atoms with E-state index in [2.05, 4.69) is 42.6 Å². The Morgan fingerprint density at radius 3 is 2.35 bits per heavy atom. The molecule has 1 aromatic carbocycles. The fourth-order valence-electron chi connectivity index (χ4n) is 3.28. The third kappa shape index (κ3) is 5.23. The zero-order valence-corrected chi connectivity index (χ0v) is 17.0. The molecule has 1 saturated heterocycles. The minimum atomic E-state index is -0.222. The second-order valence-corrected chi connectivity index (χ2v) is 7.98. The molecule has 0 bridgehead atoms. The van der Waals surface area contributed by atoms with Gasteiger partial charge in [-0.05, 0) is 63.7 Å². The summed E-state index contributed by atoms with van der Waals surface area (Å²) in [5.41, 5.74) is 2.20. The predicted molar refractivity (Wildman–Crippen MR) is 111 cm³/mol. The maximum atomic E-state index is 12.7. The zero-order chi connectivity index (χ0) is 19.3. The first-order chi connectivity index (χ1) is 12.2. The van der Waals surface area contributed by atoms with Crippen LogP contribution < -0.4 is 5.32 Å². The van der Waals surface area contributed by atoms with Gasteiger partial charge in [0.2, 0.25) is 0 Å². The van der Waals surface area contributed by atoms with Gasteiger partial charge in [-0.15, -0.1) is 0 Å². The van der Waals surface area contributed by atoms with Crippen molar-refractivity contribution in [3.8, 4) is 0 Å². The lowest BCUT2D eigenvalue weighted by Gasteiger charge is -2.41. The number of rotatable bonds is 6. The van der Waals surface area contributed by atoms with Gasteiger partial charge in [-0.1, -0.05) is 54.1 Å². The van der Waals surface area contributed by atoms with E-state index in [1.807, 2.05) is 19.1 Å². The van der Waals surface area contributed by atoms with Crippen LogP contribution in [0.4, 0.5) is 0 Å². The first-order valence-electron chi connectivity index (χ1n) is 8.68. The molecule has 0 spiro atoms. The van der Waals surface area contributed by atoms with Crippen molar-refractivity contribution < 1.29 is 4.79 Å². The molecule has 26 heavy (non-hydrogen) atoms. The minimum absolute atomic E-state index is 0.116. The fraction of sp³-hybridized carbons (Fsp3) is 0.381. The highest BCUT2D eigenvalue weighted by atomic mass is 35.5. The molecule has 0 unspecified atom stereocenters. The normalized spacial score (nSPS) is 17.6. The second kappa shape index (κ2) is 8.90. The Balaban J connectivity index is 2.22. The van der Waals surface area contributed by atoms with Gasteiger partial charge in [0.05, 0.1) is 5.57 Å². The van der Waals surface area contributed by atoms with Gasteiger partial charge >= 0.3 is 0 Å². The van der Waals surface area contributed by atoms with Gasteiger partial charge in [0.1, 0.15) is 0 Å². The monoisotopic (exact) mass is 392 g/mol. The lowest BCUT2D eigenvalue weighted by atomic mass is 9.72. The van der Waals surface area contributed by atoms with Crippen molar-refractivity contribution in [2.45, 2.75) is 25.2 Å². The standard InChI is InChI=1S/C21H26Cl2N2O/c1-15(2)13-19(16(3)22)20(26)24-14-21(9-11-25(4)12-10-21)17-5-7-18(23)8-6-17/h5-8,13H,1,3,9-12,14H2,2,4H3,(H,24,26)/b19-13+. The van der Waals surface area contributed by atoms with Crippen molar-refractivity contribution in [1.82, 2.24) is 10.2 Å². The van der Waals surface area contributed by atoms with Crippen molar-refractivity contribution in [2.24, 2.45) is 0 Å². The molecular formula is C21H26Cl2N2O. The number of carbonyl (C=O) groups excluding carboxylic acids is 1. The Bertz CT molecular complexity index is 714. The number of carbonyl (C=O) groups is 1. The van der Waals surface area contributed by atoms with E-state index in [4.69, 9.17) is 23.2 Å². The number of likely N-dealkylation sites (tertiary alicyclic amines) is 1. The highest BCUT2D eigenvalue weighted by Gasteiger charge is 2.36. The SMILES string of the molecule is C=C(C)/C=C(\C(=C)Cl)C(=O)NCC1(c2ccc(Cl)cc2)CCN(C)CC1. The molecule has 0 saturated carbocycles. The molecule has 2 rings (SSSR count).